The zero-order valence-corrected chi connectivity index (χ0v) is 49.5. The van der Waals surface area contributed by atoms with Gasteiger partial charge in [0, 0.05) is 71.2 Å². The lowest BCUT2D eigenvalue weighted by molar-refractivity contribution is 1.15. The van der Waals surface area contributed by atoms with E-state index >= 15 is 0 Å². The second-order valence-corrected chi connectivity index (χ2v) is 27.7. The summed E-state index contributed by atoms with van der Waals surface area (Å²) < 4.78 is 9.92. The quantitative estimate of drug-likeness (QED) is 0.0821. The number of fused-ring (bicyclic) bond motifs is 19. The van der Waals surface area contributed by atoms with Crippen LogP contribution in [0.5, 0.6) is 0 Å². The highest BCUT2D eigenvalue weighted by molar-refractivity contribution is 7.20. The highest BCUT2D eigenvalue weighted by atomic mass is 28.3. The van der Waals surface area contributed by atoms with Crippen molar-refractivity contribution in [3.05, 3.63) is 328 Å². The summed E-state index contributed by atoms with van der Waals surface area (Å²) in [5, 5.41) is 22.8. The first-order valence-electron chi connectivity index (χ1n) is 30.8. The van der Waals surface area contributed by atoms with Crippen LogP contribution in [0.2, 0.25) is 0 Å². The summed E-state index contributed by atoms with van der Waals surface area (Å²) in [6.45, 7) is 0. The highest BCUT2D eigenvalue weighted by Crippen LogP contribution is 2.45. The van der Waals surface area contributed by atoms with Gasteiger partial charge in [0.15, 0.2) is 8.07 Å². The molecule has 0 N–H and O–H groups in total. The van der Waals surface area contributed by atoms with Gasteiger partial charge in [-0.2, -0.15) is 0 Å². The predicted molar refractivity (Wildman–Crippen MR) is 380 cm³/mol. The molecule has 15 aromatic carbocycles. The molecule has 4 nitrogen and oxygen atoms in total. The maximum atomic E-state index is 2.55. The molecule has 0 saturated carbocycles. The molecule has 0 aliphatic carbocycles. The first-order chi connectivity index (χ1) is 44.2. The van der Waals surface area contributed by atoms with E-state index in [1.54, 1.807) is 0 Å². The fraction of sp³-hybridized carbons (Fsp3) is 0. The number of para-hydroxylation sites is 5. The molecule has 89 heavy (non-hydrogen) atoms. The maximum Gasteiger partial charge on any atom is 0.179 e. The molecule has 0 fully saturated rings. The van der Waals surface area contributed by atoms with E-state index in [-0.39, 0.29) is 0 Å². The van der Waals surface area contributed by atoms with Crippen molar-refractivity contribution >= 4 is 148 Å². The molecule has 0 amide bonds. The average molecular weight is 1150 g/mol. The van der Waals surface area contributed by atoms with E-state index < -0.39 is 8.07 Å². The SMILES string of the molecule is c1ccc([Si](c2ccccc2)(c2ccc(-n3c4cc(-n5c6ccccc6c6cc(-n7c8ccccc8c8ccccc87)ccc65)ccc4c4c5c6ccccc6c6ccccc6c5ccc43)cc2)c2cccc(-n3c4ccccc4c4ccccc43)c2)cc1. The molecule has 0 spiro atoms. The second-order valence-electron chi connectivity index (χ2n) is 23.9. The number of hydrogen-bond acceptors (Lipinski definition) is 0. The zero-order valence-electron chi connectivity index (χ0n) is 48.5. The predicted octanol–water partition coefficient (Wildman–Crippen LogP) is 18.9. The number of rotatable bonds is 8. The average Bonchev–Trinajstić information content (AvgIpc) is 1.88. The van der Waals surface area contributed by atoms with E-state index in [0.29, 0.717) is 0 Å². The molecule has 0 atom stereocenters. The van der Waals surface area contributed by atoms with E-state index in [2.05, 4.69) is 346 Å². The van der Waals surface area contributed by atoms with Crippen LogP contribution in [0.1, 0.15) is 0 Å². The molecule has 0 radical (unpaired) electrons. The van der Waals surface area contributed by atoms with Crippen molar-refractivity contribution in [1.29, 1.82) is 0 Å². The Labute approximate surface area is 513 Å². The minimum Gasteiger partial charge on any atom is -0.309 e. The molecule has 0 bridgehead atoms. The monoisotopic (exact) mass is 1150 g/mol. The Morgan fingerprint density at radius 2 is 0.494 bits per heavy atom. The van der Waals surface area contributed by atoms with Crippen molar-refractivity contribution < 1.29 is 0 Å². The summed E-state index contributed by atoms with van der Waals surface area (Å²) in [7, 11) is -3.06. The molecule has 414 valence electrons. The van der Waals surface area contributed by atoms with Crippen LogP contribution in [0.25, 0.3) is 142 Å². The van der Waals surface area contributed by atoms with Crippen LogP contribution in [0, 0.1) is 0 Å². The molecule has 0 saturated heterocycles. The fourth-order valence-electron chi connectivity index (χ4n) is 15.8. The second kappa shape index (κ2) is 19.3. The van der Waals surface area contributed by atoms with E-state index in [0.717, 1.165) is 33.8 Å². The van der Waals surface area contributed by atoms with Gasteiger partial charge in [0.05, 0.1) is 44.1 Å². The van der Waals surface area contributed by atoms with Crippen molar-refractivity contribution in [1.82, 2.24) is 18.3 Å². The summed E-state index contributed by atoms with van der Waals surface area (Å²) in [5.74, 6) is 0. The molecule has 0 aliphatic rings. The summed E-state index contributed by atoms with van der Waals surface area (Å²) in [6, 6.07) is 123. The lowest BCUT2D eigenvalue weighted by Gasteiger charge is -2.35. The molecular weight excluding hydrogens is 1090 g/mol. The Morgan fingerprint density at radius 3 is 1.02 bits per heavy atom. The van der Waals surface area contributed by atoms with Gasteiger partial charge >= 0.3 is 0 Å². The summed E-state index contributed by atoms with van der Waals surface area (Å²) in [4.78, 5) is 0. The van der Waals surface area contributed by atoms with Gasteiger partial charge in [-0.25, -0.2) is 0 Å². The van der Waals surface area contributed by atoms with Crippen LogP contribution < -0.4 is 20.7 Å². The molecular formula is C84H54N4Si. The van der Waals surface area contributed by atoms with E-state index in [1.807, 2.05) is 0 Å². The topological polar surface area (TPSA) is 19.7 Å². The number of hydrogen-bond donors (Lipinski definition) is 0. The Hall–Kier alpha value is -11.5. The van der Waals surface area contributed by atoms with Gasteiger partial charge in [-0.3, -0.25) is 0 Å². The Bertz CT molecular complexity index is 5920. The minimum absolute atomic E-state index is 1.11. The molecule has 4 heterocycles. The summed E-state index contributed by atoms with van der Waals surface area (Å²) >= 11 is 0. The Kier molecular flexibility index (Phi) is 10.8. The van der Waals surface area contributed by atoms with Gasteiger partial charge in [0.1, 0.15) is 0 Å². The van der Waals surface area contributed by atoms with E-state index in [9.17, 15) is 0 Å². The van der Waals surface area contributed by atoms with Crippen molar-refractivity contribution in [2.24, 2.45) is 0 Å². The fourth-order valence-corrected chi connectivity index (χ4v) is 20.6. The van der Waals surface area contributed by atoms with Crippen LogP contribution in [0.3, 0.4) is 0 Å². The standard InChI is InChI=1S/C84H54N4Si/c1-3-23-59(24-4-1)89(60-25-5-2-6-26-60,62-27-21-22-56(52-62)86-75-37-16-11-31-66(75)67-32-12-17-38-76(67)86)61-46-42-55(43-47-61)85-81-51-49-72-65-30-8-7-28-63(65)64-29-9-10-36-71(64)83(72)84(81)73-48-44-58(54-82(73)85)88-79-41-20-15-35-70(79)74-53-57(45-50-80(74)88)87-77-39-18-13-33-68(77)69-34-14-19-40-78(69)87/h1-54H. The number of nitrogens with zero attached hydrogens (tertiary/aromatic N) is 4. The van der Waals surface area contributed by atoms with Gasteiger partial charge in [-0.15, -0.1) is 0 Å². The molecule has 0 unspecified atom stereocenters. The van der Waals surface area contributed by atoms with Gasteiger partial charge in [0.2, 0.25) is 0 Å². The van der Waals surface area contributed by atoms with Crippen LogP contribution >= 0.6 is 0 Å². The molecule has 0 aliphatic heterocycles. The van der Waals surface area contributed by atoms with Crippen molar-refractivity contribution in [3.63, 3.8) is 0 Å². The van der Waals surface area contributed by atoms with Crippen LogP contribution in [-0.2, 0) is 0 Å². The minimum atomic E-state index is -3.06. The zero-order chi connectivity index (χ0) is 58.3. The lowest BCUT2D eigenvalue weighted by atomic mass is 9.92. The van der Waals surface area contributed by atoms with Gasteiger partial charge in [-0.05, 0) is 139 Å². The van der Waals surface area contributed by atoms with E-state index in [1.165, 1.54) is 129 Å². The van der Waals surface area contributed by atoms with Crippen LogP contribution in [0.15, 0.2) is 328 Å². The third-order valence-electron chi connectivity index (χ3n) is 19.5. The van der Waals surface area contributed by atoms with Gasteiger partial charge < -0.3 is 18.3 Å². The largest absolute Gasteiger partial charge is 0.309 e. The molecule has 5 heteroatoms. The lowest BCUT2D eigenvalue weighted by Crippen LogP contribution is -2.74. The Balaban J connectivity index is 0.857. The first kappa shape index (κ1) is 49.7. The molecule has 19 aromatic rings. The van der Waals surface area contributed by atoms with E-state index in [4.69, 9.17) is 0 Å². The molecule has 4 aromatic heterocycles. The highest BCUT2D eigenvalue weighted by Gasteiger charge is 2.42. The Morgan fingerprint density at radius 1 is 0.157 bits per heavy atom. The normalized spacial score (nSPS) is 12.3. The van der Waals surface area contributed by atoms with Crippen molar-refractivity contribution in [3.8, 4) is 22.7 Å². The third kappa shape index (κ3) is 7.10. The number of aromatic nitrogens is 4. The summed E-state index contributed by atoms with van der Waals surface area (Å²) in [5.41, 5.74) is 14.0. The molecule has 19 rings (SSSR count). The first-order valence-corrected chi connectivity index (χ1v) is 32.8. The van der Waals surface area contributed by atoms with Crippen molar-refractivity contribution in [2.75, 3.05) is 0 Å². The smallest absolute Gasteiger partial charge is 0.179 e. The van der Waals surface area contributed by atoms with Gasteiger partial charge in [-0.1, -0.05) is 237 Å². The third-order valence-corrected chi connectivity index (χ3v) is 24.2. The number of benzene rings is 15. The van der Waals surface area contributed by atoms with Crippen LogP contribution in [-0.4, -0.2) is 26.3 Å². The van der Waals surface area contributed by atoms with Crippen LogP contribution in [0.4, 0.5) is 0 Å². The van der Waals surface area contributed by atoms with Crippen molar-refractivity contribution in [2.45, 2.75) is 0 Å². The maximum absolute atomic E-state index is 3.06. The summed E-state index contributed by atoms with van der Waals surface area (Å²) in [6.07, 6.45) is 0. The van der Waals surface area contributed by atoms with Gasteiger partial charge in [0.25, 0.3) is 0 Å².